The molecule has 0 atom stereocenters. The third-order valence-corrected chi connectivity index (χ3v) is 5.49. The molecular weight excluding hydrogens is 419 g/mol. The number of para-hydroxylation sites is 1. The Balaban J connectivity index is 1.99. The van der Waals surface area contributed by atoms with E-state index < -0.39 is 5.82 Å². The third-order valence-electron chi connectivity index (χ3n) is 5.49. The van der Waals surface area contributed by atoms with Crippen LogP contribution in [0.5, 0.6) is 11.5 Å². The summed E-state index contributed by atoms with van der Waals surface area (Å²) in [5.74, 6) is 0.404. The van der Waals surface area contributed by atoms with Crippen LogP contribution in [0.3, 0.4) is 0 Å². The second kappa shape index (κ2) is 8.74. The first kappa shape index (κ1) is 22.0. The Morgan fingerprint density at radius 3 is 2.45 bits per heavy atom. The number of amides is 1. The lowest BCUT2D eigenvalue weighted by Gasteiger charge is -2.18. The molecule has 0 saturated carbocycles. The van der Waals surface area contributed by atoms with Crippen LogP contribution < -0.4 is 15.6 Å². The molecule has 1 heterocycles. The largest absolute Gasteiger partial charge is 0.456 e. The molecule has 4 rings (SSSR count). The van der Waals surface area contributed by atoms with E-state index in [2.05, 4.69) is 11.9 Å². The van der Waals surface area contributed by atoms with Crippen LogP contribution in [0.25, 0.3) is 21.9 Å². The van der Waals surface area contributed by atoms with Crippen molar-refractivity contribution in [3.8, 4) is 22.6 Å². The normalized spacial score (nSPS) is 10.8. The molecule has 0 aliphatic rings. The molecule has 3 aromatic carbocycles. The van der Waals surface area contributed by atoms with E-state index in [1.165, 1.54) is 28.8 Å². The number of benzene rings is 3. The predicted molar refractivity (Wildman–Crippen MR) is 129 cm³/mol. The summed E-state index contributed by atoms with van der Waals surface area (Å²) in [5, 5.41) is 3.59. The molecule has 4 aromatic rings. The van der Waals surface area contributed by atoms with E-state index in [1.54, 1.807) is 31.4 Å². The standard InChI is InChI=1S/C27H23FN2O3/c1-5-25(31)29-19-10-12-24(33-26-16(2)7-6-8-17(26)3)22(14-19)23-15-30(4)27(32)20-11-9-18(28)13-21(20)23/h5-15H,1H2,2-4H3,(H,29,31). The number of pyridine rings is 1. The number of hydrogen-bond donors (Lipinski definition) is 1. The van der Waals surface area contributed by atoms with Crippen molar-refractivity contribution in [2.75, 3.05) is 5.32 Å². The number of halogens is 1. The number of nitrogens with one attached hydrogen (secondary N) is 1. The number of nitrogens with zero attached hydrogens (tertiary/aromatic N) is 1. The summed E-state index contributed by atoms with van der Waals surface area (Å²) in [4.78, 5) is 24.6. The van der Waals surface area contributed by atoms with Crippen LogP contribution in [-0.2, 0) is 11.8 Å². The fraction of sp³-hybridized carbons (Fsp3) is 0.111. The van der Waals surface area contributed by atoms with Crippen molar-refractivity contribution in [2.24, 2.45) is 7.05 Å². The van der Waals surface area contributed by atoms with Crippen LogP contribution in [0.1, 0.15) is 11.1 Å². The van der Waals surface area contributed by atoms with E-state index in [1.807, 2.05) is 32.0 Å². The highest BCUT2D eigenvalue weighted by molar-refractivity contribution is 6.01. The number of carbonyl (C=O) groups excluding carboxylic acids is 1. The van der Waals surface area contributed by atoms with Crippen molar-refractivity contribution in [1.82, 2.24) is 4.57 Å². The molecule has 0 saturated heterocycles. The van der Waals surface area contributed by atoms with E-state index in [9.17, 15) is 14.0 Å². The minimum Gasteiger partial charge on any atom is -0.456 e. The monoisotopic (exact) mass is 442 g/mol. The summed E-state index contributed by atoms with van der Waals surface area (Å²) in [6.07, 6.45) is 2.83. The van der Waals surface area contributed by atoms with Crippen LogP contribution in [0, 0.1) is 19.7 Å². The molecular formula is C27H23FN2O3. The third kappa shape index (κ3) is 4.28. The second-order valence-corrected chi connectivity index (χ2v) is 7.88. The van der Waals surface area contributed by atoms with Crippen LogP contribution >= 0.6 is 0 Å². The number of anilines is 1. The quantitative estimate of drug-likeness (QED) is 0.393. The molecule has 1 aromatic heterocycles. The highest BCUT2D eigenvalue weighted by Crippen LogP contribution is 2.40. The molecule has 0 fully saturated rings. The Morgan fingerprint density at radius 2 is 1.76 bits per heavy atom. The van der Waals surface area contributed by atoms with Crippen molar-refractivity contribution in [3.05, 3.63) is 101 Å². The fourth-order valence-corrected chi connectivity index (χ4v) is 3.82. The van der Waals surface area contributed by atoms with Gasteiger partial charge in [-0.3, -0.25) is 9.59 Å². The van der Waals surface area contributed by atoms with E-state index in [0.717, 1.165) is 11.1 Å². The van der Waals surface area contributed by atoms with Gasteiger partial charge in [-0.25, -0.2) is 4.39 Å². The molecule has 33 heavy (non-hydrogen) atoms. The maximum absolute atomic E-state index is 14.2. The lowest BCUT2D eigenvalue weighted by molar-refractivity contribution is -0.111. The first-order valence-electron chi connectivity index (χ1n) is 10.4. The maximum Gasteiger partial charge on any atom is 0.258 e. The van der Waals surface area contributed by atoms with Crippen LogP contribution in [0.4, 0.5) is 10.1 Å². The van der Waals surface area contributed by atoms with Gasteiger partial charge in [0.25, 0.3) is 5.56 Å². The highest BCUT2D eigenvalue weighted by Gasteiger charge is 2.17. The van der Waals surface area contributed by atoms with Gasteiger partial charge >= 0.3 is 0 Å². The van der Waals surface area contributed by atoms with Crippen molar-refractivity contribution >= 4 is 22.4 Å². The van der Waals surface area contributed by atoms with Gasteiger partial charge in [-0.1, -0.05) is 24.8 Å². The van der Waals surface area contributed by atoms with Crippen molar-refractivity contribution in [2.45, 2.75) is 13.8 Å². The van der Waals surface area contributed by atoms with Crippen LogP contribution in [-0.4, -0.2) is 10.5 Å². The first-order valence-corrected chi connectivity index (χ1v) is 10.4. The molecule has 0 aliphatic heterocycles. The maximum atomic E-state index is 14.2. The van der Waals surface area contributed by atoms with E-state index in [-0.39, 0.29) is 11.5 Å². The van der Waals surface area contributed by atoms with Gasteiger partial charge < -0.3 is 14.6 Å². The lowest BCUT2D eigenvalue weighted by atomic mass is 9.99. The fourth-order valence-electron chi connectivity index (χ4n) is 3.82. The highest BCUT2D eigenvalue weighted by atomic mass is 19.1. The average Bonchev–Trinajstić information content (AvgIpc) is 2.79. The predicted octanol–water partition coefficient (Wildman–Crippen LogP) is 5.88. The number of aryl methyl sites for hydroxylation is 3. The van der Waals surface area contributed by atoms with Gasteiger partial charge in [0.15, 0.2) is 0 Å². The SMILES string of the molecule is C=CC(=O)Nc1ccc(Oc2c(C)cccc2C)c(-c2cn(C)c(=O)c3ccc(F)cc23)c1. The summed E-state index contributed by atoms with van der Waals surface area (Å²) in [6, 6.07) is 15.2. The zero-order chi connectivity index (χ0) is 23.7. The number of rotatable bonds is 5. The van der Waals surface area contributed by atoms with Crippen LogP contribution in [0.15, 0.2) is 78.2 Å². The summed E-state index contributed by atoms with van der Waals surface area (Å²) >= 11 is 0. The minimum atomic E-state index is -0.453. The molecule has 166 valence electrons. The van der Waals surface area contributed by atoms with Crippen molar-refractivity contribution in [3.63, 3.8) is 0 Å². The lowest BCUT2D eigenvalue weighted by Crippen LogP contribution is -2.16. The molecule has 0 aliphatic carbocycles. The molecule has 0 bridgehead atoms. The number of fused-ring (bicyclic) bond motifs is 1. The Bertz CT molecular complexity index is 1450. The average molecular weight is 442 g/mol. The van der Waals surface area contributed by atoms with Crippen molar-refractivity contribution in [1.29, 1.82) is 0 Å². The Kier molecular flexibility index (Phi) is 5.84. The Labute approximate surface area is 190 Å². The summed E-state index contributed by atoms with van der Waals surface area (Å²) in [6.45, 7) is 7.40. The number of hydrogen-bond acceptors (Lipinski definition) is 3. The topological polar surface area (TPSA) is 60.3 Å². The molecule has 0 unspecified atom stereocenters. The van der Waals surface area contributed by atoms with Gasteiger partial charge in [-0.05, 0) is 72.8 Å². The Hall–Kier alpha value is -4.19. The van der Waals surface area contributed by atoms with E-state index in [4.69, 9.17) is 4.74 Å². The number of aromatic nitrogens is 1. The zero-order valence-electron chi connectivity index (χ0n) is 18.6. The van der Waals surface area contributed by atoms with Gasteiger partial charge in [-0.2, -0.15) is 0 Å². The van der Waals surface area contributed by atoms with Gasteiger partial charge in [0.05, 0.1) is 0 Å². The minimum absolute atomic E-state index is 0.234. The van der Waals surface area contributed by atoms with E-state index >= 15 is 0 Å². The van der Waals surface area contributed by atoms with Crippen LogP contribution in [0.2, 0.25) is 0 Å². The zero-order valence-corrected chi connectivity index (χ0v) is 18.6. The summed E-state index contributed by atoms with van der Waals surface area (Å²) < 4.78 is 22.0. The van der Waals surface area contributed by atoms with Gasteiger partial charge in [0, 0.05) is 35.4 Å². The second-order valence-electron chi connectivity index (χ2n) is 7.88. The number of carbonyl (C=O) groups is 1. The summed E-state index contributed by atoms with van der Waals surface area (Å²) in [5.41, 5.74) is 3.40. The smallest absolute Gasteiger partial charge is 0.258 e. The number of ether oxygens (including phenoxy) is 1. The molecule has 1 N–H and O–H groups in total. The van der Waals surface area contributed by atoms with Gasteiger partial charge in [0.1, 0.15) is 17.3 Å². The summed E-state index contributed by atoms with van der Waals surface area (Å²) in [7, 11) is 1.64. The van der Waals surface area contributed by atoms with Gasteiger partial charge in [0.2, 0.25) is 5.91 Å². The Morgan fingerprint density at radius 1 is 1.03 bits per heavy atom. The van der Waals surface area contributed by atoms with Gasteiger partial charge in [-0.15, -0.1) is 0 Å². The van der Waals surface area contributed by atoms with E-state index in [0.29, 0.717) is 39.1 Å². The molecule has 0 spiro atoms. The molecule has 5 nitrogen and oxygen atoms in total. The first-order chi connectivity index (χ1) is 15.8. The molecule has 0 radical (unpaired) electrons. The van der Waals surface area contributed by atoms with Crippen molar-refractivity contribution < 1.29 is 13.9 Å². The molecule has 6 heteroatoms. The molecule has 1 amide bonds.